The molecule has 0 radical (unpaired) electrons. The topological polar surface area (TPSA) is 139 Å². The van der Waals surface area contributed by atoms with E-state index in [0.717, 1.165) is 19.3 Å². The number of hydrogen-bond acceptors (Lipinski definition) is 8. The standard InChI is InChI=1S/C33H48N2O7S/c1-7-10-11-12-21(8-2)25-26(31(39)35-30(25)38)28(36)24-19(4)13-15-33(41)18-22(17-20(5)27(24)33)29(37)34-23(14-16-43-6)32(40)42-9-3/h8,13,15,19-24,27,41H,2,7,9-12,14,16-18H2,1,3-6H3,(H,34,37)(H,35,38,39). The number of thioether (sulfide) groups is 1. The van der Waals surface area contributed by atoms with Crippen molar-refractivity contribution < 1.29 is 33.8 Å². The normalized spacial score (nSPS) is 29.9. The highest BCUT2D eigenvalue weighted by molar-refractivity contribution is 7.98. The monoisotopic (exact) mass is 616 g/mol. The number of hydrogen-bond donors (Lipinski definition) is 3. The maximum Gasteiger partial charge on any atom is 0.328 e. The van der Waals surface area contributed by atoms with Crippen LogP contribution in [0.4, 0.5) is 0 Å². The first-order valence-corrected chi connectivity index (χ1v) is 17.0. The van der Waals surface area contributed by atoms with Crippen LogP contribution in [0.2, 0.25) is 0 Å². The largest absolute Gasteiger partial charge is 0.464 e. The van der Waals surface area contributed by atoms with Gasteiger partial charge in [0.1, 0.15) is 6.04 Å². The first-order valence-electron chi connectivity index (χ1n) is 15.6. The molecule has 0 bridgehead atoms. The molecular formula is C33H48N2O7S. The summed E-state index contributed by atoms with van der Waals surface area (Å²) in [5.41, 5.74) is -1.44. The zero-order valence-corrected chi connectivity index (χ0v) is 27.0. The van der Waals surface area contributed by atoms with Gasteiger partial charge in [0.15, 0.2) is 5.78 Å². The second-order valence-electron chi connectivity index (χ2n) is 12.2. The number of imide groups is 1. The summed E-state index contributed by atoms with van der Waals surface area (Å²) >= 11 is 1.57. The minimum atomic E-state index is -1.48. The number of allylic oxidation sites excluding steroid dienone is 2. The van der Waals surface area contributed by atoms with E-state index in [4.69, 9.17) is 4.74 Å². The highest BCUT2D eigenvalue weighted by Crippen LogP contribution is 2.51. The van der Waals surface area contributed by atoms with Crippen molar-refractivity contribution in [3.05, 3.63) is 36.0 Å². The fraction of sp³-hybridized carbons (Fsp3) is 0.667. The molecule has 238 valence electrons. The lowest BCUT2D eigenvalue weighted by Crippen LogP contribution is -2.57. The third-order valence-corrected chi connectivity index (χ3v) is 9.87. The zero-order valence-electron chi connectivity index (χ0n) is 26.1. The number of ether oxygens (including phenoxy) is 1. The van der Waals surface area contributed by atoms with Gasteiger partial charge in [-0.2, -0.15) is 11.8 Å². The molecule has 0 aromatic carbocycles. The maximum absolute atomic E-state index is 14.3. The van der Waals surface area contributed by atoms with E-state index in [-0.39, 0.29) is 41.9 Å². The number of Topliss-reactive ketones (excluding diaryl/α,β-unsaturated/α-hetero) is 1. The van der Waals surface area contributed by atoms with Gasteiger partial charge in [0.2, 0.25) is 5.91 Å². The number of rotatable bonds is 15. The van der Waals surface area contributed by atoms with E-state index >= 15 is 0 Å². The molecule has 9 nitrogen and oxygen atoms in total. The molecule has 8 atom stereocenters. The summed E-state index contributed by atoms with van der Waals surface area (Å²) in [5.74, 6) is -4.78. The minimum absolute atomic E-state index is 0.0717. The Morgan fingerprint density at radius 2 is 1.93 bits per heavy atom. The minimum Gasteiger partial charge on any atom is -0.464 e. The smallest absolute Gasteiger partial charge is 0.328 e. The second-order valence-corrected chi connectivity index (χ2v) is 13.2. The first kappa shape index (κ1) is 34.8. The Morgan fingerprint density at radius 1 is 1.21 bits per heavy atom. The van der Waals surface area contributed by atoms with Gasteiger partial charge in [0.05, 0.1) is 17.8 Å². The maximum atomic E-state index is 14.3. The summed E-state index contributed by atoms with van der Waals surface area (Å²) in [6.45, 7) is 11.7. The average Bonchev–Trinajstić information content (AvgIpc) is 3.26. The third-order valence-electron chi connectivity index (χ3n) is 9.22. The molecule has 1 saturated carbocycles. The second kappa shape index (κ2) is 15.3. The van der Waals surface area contributed by atoms with Crippen LogP contribution >= 0.6 is 11.8 Å². The first-order chi connectivity index (χ1) is 20.4. The number of carbonyl (C=O) groups is 5. The number of nitrogens with one attached hydrogen (secondary N) is 2. The Balaban J connectivity index is 1.90. The van der Waals surface area contributed by atoms with Crippen molar-refractivity contribution in [2.75, 3.05) is 18.6 Å². The van der Waals surface area contributed by atoms with Crippen molar-refractivity contribution in [3.8, 4) is 0 Å². The molecule has 8 unspecified atom stereocenters. The third kappa shape index (κ3) is 7.69. The van der Waals surface area contributed by atoms with Crippen molar-refractivity contribution in [1.29, 1.82) is 0 Å². The van der Waals surface area contributed by atoms with Crippen molar-refractivity contribution >= 4 is 41.2 Å². The molecule has 3 amide bonds. The highest BCUT2D eigenvalue weighted by atomic mass is 32.2. The zero-order chi connectivity index (χ0) is 31.9. The molecule has 1 aliphatic heterocycles. The predicted molar refractivity (Wildman–Crippen MR) is 167 cm³/mol. The summed E-state index contributed by atoms with van der Waals surface area (Å²) in [6.07, 6.45) is 11.3. The number of unbranched alkanes of at least 4 members (excludes halogenated alkanes) is 2. The molecule has 0 aromatic rings. The summed E-state index contributed by atoms with van der Waals surface area (Å²) in [6, 6.07) is -0.780. The quantitative estimate of drug-likeness (QED) is 0.0828. The molecule has 0 aromatic heterocycles. The van der Waals surface area contributed by atoms with E-state index in [1.807, 2.05) is 20.1 Å². The van der Waals surface area contributed by atoms with Gasteiger partial charge < -0.3 is 15.2 Å². The van der Waals surface area contributed by atoms with E-state index in [0.29, 0.717) is 25.0 Å². The molecule has 3 rings (SSSR count). The van der Waals surface area contributed by atoms with Crippen LogP contribution in [-0.2, 0) is 28.7 Å². The number of aliphatic hydroxyl groups is 1. The van der Waals surface area contributed by atoms with Gasteiger partial charge in [-0.05, 0) is 56.5 Å². The molecule has 2 aliphatic carbocycles. The summed E-state index contributed by atoms with van der Waals surface area (Å²) < 4.78 is 5.17. The van der Waals surface area contributed by atoms with Crippen LogP contribution in [-0.4, -0.2) is 64.8 Å². The Kier molecular flexibility index (Phi) is 12.4. The number of fused-ring (bicyclic) bond motifs is 1. The van der Waals surface area contributed by atoms with E-state index in [9.17, 15) is 29.1 Å². The van der Waals surface area contributed by atoms with Gasteiger partial charge in [-0.15, -0.1) is 6.58 Å². The van der Waals surface area contributed by atoms with Crippen LogP contribution in [0.3, 0.4) is 0 Å². The predicted octanol–water partition coefficient (Wildman–Crippen LogP) is 3.91. The lowest BCUT2D eigenvalue weighted by Gasteiger charge is -2.51. The highest BCUT2D eigenvalue weighted by Gasteiger charge is 2.56. The van der Waals surface area contributed by atoms with E-state index in [1.54, 1.807) is 36.9 Å². The fourth-order valence-electron chi connectivity index (χ4n) is 7.16. The van der Waals surface area contributed by atoms with Crippen LogP contribution in [0.1, 0.15) is 72.6 Å². The van der Waals surface area contributed by atoms with Gasteiger partial charge in [-0.3, -0.25) is 24.5 Å². The lowest BCUT2D eigenvalue weighted by atomic mass is 9.55. The van der Waals surface area contributed by atoms with E-state index in [1.165, 1.54) is 0 Å². The fourth-order valence-corrected chi connectivity index (χ4v) is 7.63. The van der Waals surface area contributed by atoms with Crippen molar-refractivity contribution in [3.63, 3.8) is 0 Å². The molecule has 3 N–H and O–H groups in total. The number of esters is 1. The summed E-state index contributed by atoms with van der Waals surface area (Å²) in [4.78, 5) is 66.2. The number of carbonyl (C=O) groups excluding carboxylic acids is 5. The molecule has 1 heterocycles. The molecule has 10 heteroatoms. The molecule has 1 fully saturated rings. The molecule has 0 saturated heterocycles. The lowest BCUT2D eigenvalue weighted by molar-refractivity contribution is -0.151. The van der Waals surface area contributed by atoms with Crippen LogP contribution < -0.4 is 10.6 Å². The summed E-state index contributed by atoms with van der Waals surface area (Å²) in [5, 5.41) is 17.2. The van der Waals surface area contributed by atoms with Gasteiger partial charge in [0, 0.05) is 29.2 Å². The van der Waals surface area contributed by atoms with Crippen LogP contribution in [0, 0.1) is 35.5 Å². The Bertz CT molecular complexity index is 1160. The Hall–Kier alpha value is -2.72. The Morgan fingerprint density at radius 3 is 2.56 bits per heavy atom. The SMILES string of the molecule is C=CC(CCCCC)C1=C(C(=O)C2C(C)C=CC3(O)CC(C(=O)NC(CCSC)C(=O)OCC)CC(C)C23)C(=O)NC1=O. The van der Waals surface area contributed by atoms with Crippen molar-refractivity contribution in [2.45, 2.75) is 84.3 Å². The molecule has 3 aliphatic rings. The van der Waals surface area contributed by atoms with Gasteiger partial charge >= 0.3 is 5.97 Å². The van der Waals surface area contributed by atoms with Crippen molar-refractivity contribution in [2.24, 2.45) is 35.5 Å². The van der Waals surface area contributed by atoms with E-state index in [2.05, 4.69) is 24.1 Å². The van der Waals surface area contributed by atoms with Gasteiger partial charge in [0.25, 0.3) is 11.8 Å². The van der Waals surface area contributed by atoms with Gasteiger partial charge in [-0.25, -0.2) is 4.79 Å². The van der Waals surface area contributed by atoms with Crippen LogP contribution in [0.15, 0.2) is 36.0 Å². The van der Waals surface area contributed by atoms with Crippen LogP contribution in [0.25, 0.3) is 0 Å². The number of amides is 3. The average molecular weight is 617 g/mol. The van der Waals surface area contributed by atoms with Crippen LogP contribution in [0.5, 0.6) is 0 Å². The number of ketones is 1. The molecular weight excluding hydrogens is 568 g/mol. The van der Waals surface area contributed by atoms with Crippen molar-refractivity contribution in [1.82, 2.24) is 10.6 Å². The Labute approximate surface area is 259 Å². The van der Waals surface area contributed by atoms with Gasteiger partial charge in [-0.1, -0.05) is 58.3 Å². The molecule has 0 spiro atoms. The van der Waals surface area contributed by atoms with E-state index < -0.39 is 58.9 Å². The summed E-state index contributed by atoms with van der Waals surface area (Å²) in [7, 11) is 0. The molecule has 43 heavy (non-hydrogen) atoms.